The number of ether oxygens (including phenoxy) is 2. The van der Waals surface area contributed by atoms with Crippen molar-refractivity contribution < 1.29 is 14.3 Å². The second kappa shape index (κ2) is 10.4. The SMILES string of the molecule is COc1cc(/C=C/C(=O)Nc2ccc(Cl)cc2Cl)ccc1OCc1ccc(Cl)cc1. The third-order valence-electron chi connectivity index (χ3n) is 4.11. The van der Waals surface area contributed by atoms with E-state index in [1.165, 1.54) is 6.08 Å². The van der Waals surface area contributed by atoms with E-state index in [1.807, 2.05) is 30.3 Å². The molecule has 0 fully saturated rings. The summed E-state index contributed by atoms with van der Waals surface area (Å²) in [5, 5.41) is 4.25. The van der Waals surface area contributed by atoms with Gasteiger partial charge in [-0.2, -0.15) is 0 Å². The van der Waals surface area contributed by atoms with E-state index in [-0.39, 0.29) is 5.91 Å². The minimum atomic E-state index is -0.318. The molecule has 0 saturated heterocycles. The van der Waals surface area contributed by atoms with E-state index in [2.05, 4.69) is 5.32 Å². The molecule has 0 aliphatic carbocycles. The molecule has 0 spiro atoms. The van der Waals surface area contributed by atoms with Gasteiger partial charge in [0.25, 0.3) is 0 Å². The predicted molar refractivity (Wildman–Crippen MR) is 123 cm³/mol. The quantitative estimate of drug-likeness (QED) is 0.389. The monoisotopic (exact) mass is 461 g/mol. The number of carbonyl (C=O) groups excluding carboxylic acids is 1. The lowest BCUT2D eigenvalue weighted by atomic mass is 10.2. The molecule has 1 N–H and O–H groups in total. The molecule has 1 amide bonds. The van der Waals surface area contributed by atoms with Crippen molar-refractivity contribution in [3.05, 3.63) is 92.9 Å². The van der Waals surface area contributed by atoms with Crippen LogP contribution < -0.4 is 14.8 Å². The van der Waals surface area contributed by atoms with E-state index < -0.39 is 0 Å². The second-order valence-electron chi connectivity index (χ2n) is 6.27. The van der Waals surface area contributed by atoms with Crippen molar-refractivity contribution in [3.8, 4) is 11.5 Å². The normalized spacial score (nSPS) is 10.8. The highest BCUT2D eigenvalue weighted by molar-refractivity contribution is 6.36. The maximum Gasteiger partial charge on any atom is 0.248 e. The lowest BCUT2D eigenvalue weighted by Crippen LogP contribution is -2.08. The van der Waals surface area contributed by atoms with Crippen LogP contribution in [-0.4, -0.2) is 13.0 Å². The molecule has 3 aromatic rings. The average Bonchev–Trinajstić information content (AvgIpc) is 2.74. The first-order valence-corrected chi connectivity index (χ1v) is 10.1. The fourth-order valence-corrected chi connectivity index (χ4v) is 3.17. The van der Waals surface area contributed by atoms with Gasteiger partial charge in [0.15, 0.2) is 11.5 Å². The number of hydrogen-bond acceptors (Lipinski definition) is 3. The van der Waals surface area contributed by atoms with Gasteiger partial charge in [-0.25, -0.2) is 0 Å². The molecule has 0 radical (unpaired) electrons. The Morgan fingerprint density at radius 1 is 0.933 bits per heavy atom. The second-order valence-corrected chi connectivity index (χ2v) is 7.55. The lowest BCUT2D eigenvalue weighted by molar-refractivity contribution is -0.111. The van der Waals surface area contributed by atoms with Crippen LogP contribution in [0.5, 0.6) is 11.5 Å². The minimum absolute atomic E-state index is 0.318. The van der Waals surface area contributed by atoms with Crippen LogP contribution in [-0.2, 0) is 11.4 Å². The van der Waals surface area contributed by atoms with Crippen molar-refractivity contribution in [2.24, 2.45) is 0 Å². The molecule has 4 nitrogen and oxygen atoms in total. The smallest absolute Gasteiger partial charge is 0.248 e. The molecule has 3 rings (SSSR count). The van der Waals surface area contributed by atoms with Gasteiger partial charge in [-0.05, 0) is 59.7 Å². The zero-order valence-electron chi connectivity index (χ0n) is 16.0. The maximum absolute atomic E-state index is 12.2. The van der Waals surface area contributed by atoms with Crippen LogP contribution in [0, 0.1) is 0 Å². The number of anilines is 1. The Labute approximate surface area is 190 Å². The van der Waals surface area contributed by atoms with Gasteiger partial charge in [0.05, 0.1) is 17.8 Å². The third-order valence-corrected chi connectivity index (χ3v) is 4.91. The highest BCUT2D eigenvalue weighted by Gasteiger charge is 2.07. The zero-order valence-corrected chi connectivity index (χ0v) is 18.3. The number of nitrogens with one attached hydrogen (secondary N) is 1. The summed E-state index contributed by atoms with van der Waals surface area (Å²) in [4.78, 5) is 12.2. The number of halogens is 3. The summed E-state index contributed by atoms with van der Waals surface area (Å²) in [7, 11) is 1.56. The Kier molecular flexibility index (Phi) is 7.63. The van der Waals surface area contributed by atoms with Gasteiger partial charge in [0.1, 0.15) is 6.61 Å². The van der Waals surface area contributed by atoms with Gasteiger partial charge >= 0.3 is 0 Å². The number of amides is 1. The Bertz CT molecular complexity index is 1070. The van der Waals surface area contributed by atoms with Crippen LogP contribution in [0.2, 0.25) is 15.1 Å². The van der Waals surface area contributed by atoms with Crippen LogP contribution >= 0.6 is 34.8 Å². The first-order valence-electron chi connectivity index (χ1n) is 8.94. The fraction of sp³-hybridized carbons (Fsp3) is 0.0870. The molecule has 3 aromatic carbocycles. The van der Waals surface area contributed by atoms with Crippen molar-refractivity contribution in [1.29, 1.82) is 0 Å². The lowest BCUT2D eigenvalue weighted by Gasteiger charge is -2.11. The summed E-state index contributed by atoms with van der Waals surface area (Å²) in [6, 6.07) is 17.7. The molecule has 7 heteroatoms. The molecule has 0 aliphatic rings. The molecule has 0 atom stereocenters. The first kappa shape index (κ1) is 22.0. The summed E-state index contributed by atoms with van der Waals surface area (Å²) in [5.74, 6) is 0.843. The molecule has 0 heterocycles. The summed E-state index contributed by atoms with van der Waals surface area (Å²) < 4.78 is 11.3. The fourth-order valence-electron chi connectivity index (χ4n) is 2.59. The van der Waals surface area contributed by atoms with Crippen molar-refractivity contribution in [3.63, 3.8) is 0 Å². The summed E-state index contributed by atoms with van der Waals surface area (Å²) >= 11 is 17.8. The van der Waals surface area contributed by atoms with Crippen LogP contribution in [0.3, 0.4) is 0 Å². The Morgan fingerprint density at radius 2 is 1.67 bits per heavy atom. The predicted octanol–water partition coefficient (Wildman–Crippen LogP) is 6.89. The Morgan fingerprint density at radius 3 is 2.37 bits per heavy atom. The third kappa shape index (κ3) is 6.17. The highest BCUT2D eigenvalue weighted by atomic mass is 35.5. The molecular weight excluding hydrogens is 445 g/mol. The molecule has 0 aliphatic heterocycles. The van der Waals surface area contributed by atoms with E-state index in [9.17, 15) is 4.79 Å². The number of carbonyl (C=O) groups is 1. The molecule has 0 unspecified atom stereocenters. The average molecular weight is 463 g/mol. The Hall–Kier alpha value is -2.66. The number of methoxy groups -OCH3 is 1. The molecule has 0 bridgehead atoms. The molecule has 154 valence electrons. The standard InChI is InChI=1S/C23H18Cl3NO3/c1-29-22-12-15(4-10-21(22)30-14-16-2-6-17(24)7-3-16)5-11-23(28)27-20-9-8-18(25)13-19(20)26/h2-13H,14H2,1H3,(H,27,28)/b11-5+. The van der Waals surface area contributed by atoms with Crippen LogP contribution in [0.1, 0.15) is 11.1 Å². The van der Waals surface area contributed by atoms with E-state index in [0.29, 0.717) is 38.9 Å². The Balaban J connectivity index is 1.64. The van der Waals surface area contributed by atoms with Gasteiger partial charge < -0.3 is 14.8 Å². The van der Waals surface area contributed by atoms with E-state index in [1.54, 1.807) is 43.5 Å². The van der Waals surface area contributed by atoms with Crippen molar-refractivity contribution in [2.45, 2.75) is 6.61 Å². The summed E-state index contributed by atoms with van der Waals surface area (Å²) in [6.07, 6.45) is 3.08. The van der Waals surface area contributed by atoms with Crippen LogP contribution in [0.25, 0.3) is 6.08 Å². The van der Waals surface area contributed by atoms with E-state index >= 15 is 0 Å². The molecule has 0 aromatic heterocycles. The summed E-state index contributed by atoms with van der Waals surface area (Å²) in [6.45, 7) is 0.382. The molecule has 30 heavy (non-hydrogen) atoms. The minimum Gasteiger partial charge on any atom is -0.493 e. The molecular formula is C23H18Cl3NO3. The topological polar surface area (TPSA) is 47.6 Å². The van der Waals surface area contributed by atoms with Gasteiger partial charge in [-0.15, -0.1) is 0 Å². The number of benzene rings is 3. The first-order chi connectivity index (χ1) is 14.4. The molecule has 0 saturated carbocycles. The van der Waals surface area contributed by atoms with Crippen molar-refractivity contribution >= 4 is 52.5 Å². The largest absolute Gasteiger partial charge is 0.493 e. The number of rotatable bonds is 7. The van der Waals surface area contributed by atoms with Crippen molar-refractivity contribution in [1.82, 2.24) is 0 Å². The van der Waals surface area contributed by atoms with E-state index in [4.69, 9.17) is 44.3 Å². The highest BCUT2D eigenvalue weighted by Crippen LogP contribution is 2.30. The summed E-state index contributed by atoms with van der Waals surface area (Å²) in [5.41, 5.74) is 2.25. The van der Waals surface area contributed by atoms with Gasteiger partial charge in [-0.1, -0.05) is 53.0 Å². The van der Waals surface area contributed by atoms with Crippen molar-refractivity contribution in [2.75, 3.05) is 12.4 Å². The maximum atomic E-state index is 12.2. The number of hydrogen-bond donors (Lipinski definition) is 1. The van der Waals surface area contributed by atoms with Gasteiger partial charge in [0, 0.05) is 16.1 Å². The van der Waals surface area contributed by atoms with Gasteiger partial charge in [0.2, 0.25) is 5.91 Å². The van der Waals surface area contributed by atoms with E-state index in [0.717, 1.165) is 11.1 Å². The van der Waals surface area contributed by atoms with Crippen LogP contribution in [0.15, 0.2) is 66.7 Å². The van der Waals surface area contributed by atoms with Gasteiger partial charge in [-0.3, -0.25) is 4.79 Å². The van der Waals surface area contributed by atoms with Crippen LogP contribution in [0.4, 0.5) is 5.69 Å². The zero-order chi connectivity index (χ0) is 21.5.